The Morgan fingerprint density at radius 2 is 1.92 bits per heavy atom. The minimum Gasteiger partial charge on any atom is -0.459 e. The highest BCUT2D eigenvalue weighted by Crippen LogP contribution is 2.24. The molecule has 1 aromatic carbocycles. The summed E-state index contributed by atoms with van der Waals surface area (Å²) in [5.74, 6) is 0.0738. The highest BCUT2D eigenvalue weighted by molar-refractivity contribution is 6.02. The molecule has 3 rings (SSSR count). The zero-order valence-corrected chi connectivity index (χ0v) is 14.6. The molecule has 1 aliphatic rings. The van der Waals surface area contributed by atoms with Crippen LogP contribution in [-0.4, -0.2) is 17.9 Å². The molecule has 7 heteroatoms. The SMILES string of the molecule is Cl.NC1CCC(C(=O)NCc2ccc(NC(=O)c3ccco3)cc2)C1. The average Bonchev–Trinajstić information content (AvgIpc) is 3.25. The number of rotatable bonds is 5. The van der Waals surface area contributed by atoms with Crippen LogP contribution in [0.2, 0.25) is 0 Å². The van der Waals surface area contributed by atoms with Gasteiger partial charge < -0.3 is 20.8 Å². The summed E-state index contributed by atoms with van der Waals surface area (Å²) in [6.07, 6.45) is 4.01. The second-order valence-corrected chi connectivity index (χ2v) is 6.12. The first-order chi connectivity index (χ1) is 11.6. The van der Waals surface area contributed by atoms with Crippen LogP contribution in [-0.2, 0) is 11.3 Å². The lowest BCUT2D eigenvalue weighted by atomic mass is 10.1. The lowest BCUT2D eigenvalue weighted by Crippen LogP contribution is -2.29. The van der Waals surface area contributed by atoms with E-state index in [4.69, 9.17) is 10.2 Å². The number of nitrogens with one attached hydrogen (secondary N) is 2. The molecule has 6 nitrogen and oxygen atoms in total. The van der Waals surface area contributed by atoms with Gasteiger partial charge in [0, 0.05) is 24.2 Å². The fourth-order valence-electron chi connectivity index (χ4n) is 2.89. The van der Waals surface area contributed by atoms with E-state index < -0.39 is 0 Å². The van der Waals surface area contributed by atoms with Crippen molar-refractivity contribution in [2.24, 2.45) is 11.7 Å². The van der Waals surface area contributed by atoms with Gasteiger partial charge in [0.05, 0.1) is 6.26 Å². The van der Waals surface area contributed by atoms with Crippen LogP contribution in [0.3, 0.4) is 0 Å². The highest BCUT2D eigenvalue weighted by atomic mass is 35.5. The van der Waals surface area contributed by atoms with Gasteiger partial charge in [0.15, 0.2) is 5.76 Å². The van der Waals surface area contributed by atoms with E-state index in [1.807, 2.05) is 12.1 Å². The van der Waals surface area contributed by atoms with Crippen molar-refractivity contribution < 1.29 is 14.0 Å². The van der Waals surface area contributed by atoms with Gasteiger partial charge in [-0.15, -0.1) is 12.4 Å². The molecule has 0 aliphatic heterocycles. The molecule has 2 unspecified atom stereocenters. The van der Waals surface area contributed by atoms with E-state index in [0.717, 1.165) is 24.8 Å². The molecule has 0 radical (unpaired) electrons. The standard InChI is InChI=1S/C18H21N3O3.ClH/c19-14-6-5-13(10-14)17(22)20-11-12-3-7-15(8-4-12)21-18(23)16-2-1-9-24-16;/h1-4,7-9,13-14H,5-6,10-11,19H2,(H,20,22)(H,21,23);1H. The van der Waals surface area contributed by atoms with Crippen LogP contribution in [0.1, 0.15) is 35.4 Å². The van der Waals surface area contributed by atoms with Gasteiger partial charge in [-0.25, -0.2) is 0 Å². The highest BCUT2D eigenvalue weighted by Gasteiger charge is 2.27. The Labute approximate surface area is 152 Å². The zero-order valence-electron chi connectivity index (χ0n) is 13.7. The topological polar surface area (TPSA) is 97.4 Å². The summed E-state index contributed by atoms with van der Waals surface area (Å²) in [4.78, 5) is 24.0. The van der Waals surface area contributed by atoms with Crippen molar-refractivity contribution in [3.8, 4) is 0 Å². The van der Waals surface area contributed by atoms with Gasteiger partial charge >= 0.3 is 0 Å². The van der Waals surface area contributed by atoms with Crippen molar-refractivity contribution in [2.75, 3.05) is 5.32 Å². The number of hydrogen-bond acceptors (Lipinski definition) is 4. The third-order valence-electron chi connectivity index (χ3n) is 4.27. The Balaban J connectivity index is 0.00000225. The monoisotopic (exact) mass is 363 g/mol. The molecule has 0 saturated heterocycles. The van der Waals surface area contributed by atoms with Crippen molar-refractivity contribution in [2.45, 2.75) is 31.8 Å². The van der Waals surface area contributed by atoms with Gasteiger partial charge in [-0.2, -0.15) is 0 Å². The third kappa shape index (κ3) is 5.08. The normalized spacial score (nSPS) is 19.1. The minimum absolute atomic E-state index is 0. The summed E-state index contributed by atoms with van der Waals surface area (Å²) in [6, 6.07) is 10.8. The molecule has 4 N–H and O–H groups in total. The number of hydrogen-bond donors (Lipinski definition) is 3. The van der Waals surface area contributed by atoms with Crippen LogP contribution in [0.5, 0.6) is 0 Å². The molecule has 1 aliphatic carbocycles. The molecule has 2 atom stereocenters. The Kier molecular flexibility index (Phi) is 6.61. The Hall–Kier alpha value is -2.31. The summed E-state index contributed by atoms with van der Waals surface area (Å²) in [5, 5.41) is 5.70. The number of amides is 2. The number of anilines is 1. The van der Waals surface area contributed by atoms with Crippen LogP contribution in [0.25, 0.3) is 0 Å². The van der Waals surface area contributed by atoms with E-state index in [1.54, 1.807) is 24.3 Å². The number of carbonyl (C=O) groups is 2. The van der Waals surface area contributed by atoms with E-state index in [-0.39, 0.29) is 41.9 Å². The number of nitrogens with two attached hydrogens (primary N) is 1. The molecule has 134 valence electrons. The molecular formula is C18H22ClN3O3. The second kappa shape index (κ2) is 8.69. The Morgan fingerprint density at radius 1 is 1.16 bits per heavy atom. The molecule has 0 spiro atoms. The van der Waals surface area contributed by atoms with Crippen molar-refractivity contribution in [3.63, 3.8) is 0 Å². The Bertz CT molecular complexity index is 701. The van der Waals surface area contributed by atoms with E-state index in [0.29, 0.717) is 12.2 Å². The molecule has 2 aromatic rings. The number of carbonyl (C=O) groups excluding carboxylic acids is 2. The Morgan fingerprint density at radius 3 is 2.52 bits per heavy atom. The van der Waals surface area contributed by atoms with Crippen LogP contribution in [0.4, 0.5) is 5.69 Å². The summed E-state index contributed by atoms with van der Waals surface area (Å²) in [7, 11) is 0. The summed E-state index contributed by atoms with van der Waals surface area (Å²) in [6.45, 7) is 0.469. The first kappa shape index (κ1) is 19.0. The molecule has 25 heavy (non-hydrogen) atoms. The smallest absolute Gasteiger partial charge is 0.291 e. The summed E-state index contributed by atoms with van der Waals surface area (Å²) < 4.78 is 5.04. The lowest BCUT2D eigenvalue weighted by Gasteiger charge is -2.11. The van der Waals surface area contributed by atoms with E-state index in [1.165, 1.54) is 6.26 Å². The number of furan rings is 1. The van der Waals surface area contributed by atoms with Crippen molar-refractivity contribution in [3.05, 3.63) is 54.0 Å². The van der Waals surface area contributed by atoms with Gasteiger partial charge in [-0.05, 0) is 49.1 Å². The molecule has 1 heterocycles. The number of halogens is 1. The maximum absolute atomic E-state index is 12.1. The van der Waals surface area contributed by atoms with Gasteiger partial charge in [0.1, 0.15) is 0 Å². The first-order valence-corrected chi connectivity index (χ1v) is 8.09. The average molecular weight is 364 g/mol. The molecular weight excluding hydrogens is 342 g/mol. The van der Waals surface area contributed by atoms with E-state index >= 15 is 0 Å². The molecule has 1 fully saturated rings. The minimum atomic E-state index is -0.293. The van der Waals surface area contributed by atoms with Crippen molar-refractivity contribution in [1.29, 1.82) is 0 Å². The molecule has 2 amide bonds. The van der Waals surface area contributed by atoms with Crippen LogP contribution < -0.4 is 16.4 Å². The van der Waals surface area contributed by atoms with Crippen LogP contribution in [0, 0.1) is 5.92 Å². The molecule has 1 aromatic heterocycles. The predicted octanol–water partition coefficient (Wildman–Crippen LogP) is 2.70. The predicted molar refractivity (Wildman–Crippen MR) is 97.5 cm³/mol. The van der Waals surface area contributed by atoms with Gasteiger partial charge in [0.2, 0.25) is 5.91 Å². The quantitative estimate of drug-likeness (QED) is 0.760. The van der Waals surface area contributed by atoms with Gasteiger partial charge in [0.25, 0.3) is 5.91 Å². The molecule has 1 saturated carbocycles. The van der Waals surface area contributed by atoms with Crippen molar-refractivity contribution in [1.82, 2.24) is 5.32 Å². The van der Waals surface area contributed by atoms with Crippen LogP contribution in [0.15, 0.2) is 47.1 Å². The maximum atomic E-state index is 12.1. The first-order valence-electron chi connectivity index (χ1n) is 8.09. The number of benzene rings is 1. The fraction of sp³-hybridized carbons (Fsp3) is 0.333. The van der Waals surface area contributed by atoms with Crippen molar-refractivity contribution >= 4 is 29.9 Å². The van der Waals surface area contributed by atoms with E-state index in [2.05, 4.69) is 10.6 Å². The van der Waals surface area contributed by atoms with Crippen LogP contribution >= 0.6 is 12.4 Å². The lowest BCUT2D eigenvalue weighted by molar-refractivity contribution is -0.125. The van der Waals surface area contributed by atoms with Gasteiger partial charge in [-0.1, -0.05) is 12.1 Å². The zero-order chi connectivity index (χ0) is 16.9. The summed E-state index contributed by atoms with van der Waals surface area (Å²) in [5.41, 5.74) is 7.49. The third-order valence-corrected chi connectivity index (χ3v) is 4.27. The second-order valence-electron chi connectivity index (χ2n) is 6.12. The fourth-order valence-corrected chi connectivity index (χ4v) is 2.89. The maximum Gasteiger partial charge on any atom is 0.291 e. The van der Waals surface area contributed by atoms with Gasteiger partial charge in [-0.3, -0.25) is 9.59 Å². The largest absolute Gasteiger partial charge is 0.459 e. The molecule has 0 bridgehead atoms. The summed E-state index contributed by atoms with van der Waals surface area (Å²) >= 11 is 0. The van der Waals surface area contributed by atoms with E-state index in [9.17, 15) is 9.59 Å².